The zero-order valence-electron chi connectivity index (χ0n) is 8.82. The Labute approximate surface area is 104 Å². The van der Waals surface area contributed by atoms with Crippen molar-refractivity contribution in [1.82, 2.24) is 19.9 Å². The molecular formula is C9H7N5O3S. The summed E-state index contributed by atoms with van der Waals surface area (Å²) >= 11 is 0.870. The zero-order valence-corrected chi connectivity index (χ0v) is 9.64. The molecule has 92 valence electrons. The van der Waals surface area contributed by atoms with Crippen molar-refractivity contribution in [2.24, 2.45) is 0 Å². The van der Waals surface area contributed by atoms with E-state index >= 15 is 0 Å². The van der Waals surface area contributed by atoms with Crippen molar-refractivity contribution in [1.29, 1.82) is 0 Å². The van der Waals surface area contributed by atoms with Crippen molar-refractivity contribution < 1.29 is 9.90 Å². The minimum absolute atomic E-state index is 0.0435. The molecule has 0 saturated carbocycles. The van der Waals surface area contributed by atoms with Crippen LogP contribution in [0, 0.1) is 0 Å². The molecule has 2 rings (SSSR count). The molecule has 0 bridgehead atoms. The lowest BCUT2D eigenvalue weighted by Gasteiger charge is -2.02. The number of aromatic amines is 1. The third-order valence-corrected chi connectivity index (χ3v) is 2.68. The van der Waals surface area contributed by atoms with Gasteiger partial charge >= 0.3 is 5.97 Å². The van der Waals surface area contributed by atoms with Crippen molar-refractivity contribution in [2.75, 3.05) is 5.73 Å². The number of carboxylic acids is 1. The second-order valence-electron chi connectivity index (χ2n) is 3.09. The van der Waals surface area contributed by atoms with Crippen LogP contribution in [0.3, 0.4) is 0 Å². The smallest absolute Gasteiger partial charge is 0.357 e. The van der Waals surface area contributed by atoms with E-state index in [-0.39, 0.29) is 21.7 Å². The molecule has 0 aliphatic heterocycles. The van der Waals surface area contributed by atoms with Gasteiger partial charge in [0.2, 0.25) is 0 Å². The Balaban J connectivity index is 2.40. The number of aromatic nitrogens is 4. The number of hydrogen-bond acceptors (Lipinski definition) is 7. The Kier molecular flexibility index (Phi) is 3.24. The van der Waals surface area contributed by atoms with Gasteiger partial charge in [-0.25, -0.2) is 19.7 Å². The maximum atomic E-state index is 11.2. The standard InChI is InChI=1S/C9H7N5O3S/c10-4-3-5(15)14-9(13-4)18-7-6(8(16)17)11-1-2-12-7/h1-3H,(H,16,17)(H3,10,13,14,15). The van der Waals surface area contributed by atoms with Crippen LogP contribution in [0.15, 0.2) is 33.4 Å². The topological polar surface area (TPSA) is 135 Å². The highest BCUT2D eigenvalue weighted by atomic mass is 32.2. The summed E-state index contributed by atoms with van der Waals surface area (Å²) in [6, 6.07) is 1.12. The lowest BCUT2D eigenvalue weighted by Crippen LogP contribution is -2.10. The van der Waals surface area contributed by atoms with E-state index in [0.717, 1.165) is 17.8 Å². The first-order chi connectivity index (χ1) is 8.56. The molecule has 0 saturated heterocycles. The second kappa shape index (κ2) is 4.84. The van der Waals surface area contributed by atoms with Crippen LogP contribution in [0.25, 0.3) is 0 Å². The van der Waals surface area contributed by atoms with E-state index in [1.165, 1.54) is 12.4 Å². The fourth-order valence-corrected chi connectivity index (χ4v) is 1.98. The summed E-state index contributed by atoms with van der Waals surface area (Å²) in [6.07, 6.45) is 2.61. The number of aromatic carboxylic acids is 1. The molecule has 2 aromatic rings. The summed E-state index contributed by atoms with van der Waals surface area (Å²) < 4.78 is 0. The maximum Gasteiger partial charge on any atom is 0.357 e. The van der Waals surface area contributed by atoms with E-state index in [9.17, 15) is 9.59 Å². The van der Waals surface area contributed by atoms with Gasteiger partial charge in [-0.15, -0.1) is 0 Å². The number of carbonyl (C=O) groups is 1. The van der Waals surface area contributed by atoms with Crippen LogP contribution in [-0.2, 0) is 0 Å². The van der Waals surface area contributed by atoms with Gasteiger partial charge in [0.25, 0.3) is 5.56 Å². The van der Waals surface area contributed by atoms with E-state index in [4.69, 9.17) is 10.8 Å². The highest BCUT2D eigenvalue weighted by Crippen LogP contribution is 2.24. The molecule has 0 aromatic carbocycles. The first kappa shape index (κ1) is 12.0. The molecule has 0 aliphatic rings. The molecule has 18 heavy (non-hydrogen) atoms. The molecular weight excluding hydrogens is 258 g/mol. The maximum absolute atomic E-state index is 11.2. The Morgan fingerprint density at radius 2 is 2.11 bits per heavy atom. The molecule has 0 aliphatic carbocycles. The summed E-state index contributed by atoms with van der Waals surface area (Å²) in [5.74, 6) is -1.17. The highest BCUT2D eigenvalue weighted by Gasteiger charge is 2.15. The summed E-state index contributed by atoms with van der Waals surface area (Å²) in [5.41, 5.74) is 4.77. The quantitative estimate of drug-likeness (QED) is 0.659. The molecule has 2 aromatic heterocycles. The number of carboxylic acid groups (broad SMARTS) is 1. The van der Waals surface area contributed by atoms with E-state index in [2.05, 4.69) is 19.9 Å². The van der Waals surface area contributed by atoms with Crippen LogP contribution >= 0.6 is 11.8 Å². The number of rotatable bonds is 3. The van der Waals surface area contributed by atoms with Gasteiger partial charge in [-0.05, 0) is 11.8 Å². The molecule has 0 atom stereocenters. The Hall–Kier alpha value is -2.42. The summed E-state index contributed by atoms with van der Waals surface area (Å²) in [7, 11) is 0. The van der Waals surface area contributed by atoms with Gasteiger partial charge in [-0.1, -0.05) is 0 Å². The van der Waals surface area contributed by atoms with Crippen LogP contribution in [-0.4, -0.2) is 31.0 Å². The lowest BCUT2D eigenvalue weighted by atomic mass is 10.5. The minimum atomic E-state index is -1.21. The monoisotopic (exact) mass is 265 g/mol. The highest BCUT2D eigenvalue weighted by molar-refractivity contribution is 7.99. The molecule has 0 fully saturated rings. The predicted octanol–water partition coefficient (Wildman–Crippen LogP) is -0.00850. The van der Waals surface area contributed by atoms with Gasteiger partial charge in [0, 0.05) is 18.5 Å². The number of H-pyrrole nitrogens is 1. The van der Waals surface area contributed by atoms with Crippen LogP contribution in [0.5, 0.6) is 0 Å². The number of anilines is 1. The summed E-state index contributed by atoms with van der Waals surface area (Å²) in [4.78, 5) is 35.9. The SMILES string of the molecule is Nc1cc(=O)[nH]c(Sc2nccnc2C(=O)O)n1. The number of hydrogen-bond donors (Lipinski definition) is 3. The van der Waals surface area contributed by atoms with E-state index < -0.39 is 11.5 Å². The molecule has 9 heteroatoms. The fourth-order valence-electron chi connectivity index (χ4n) is 1.14. The van der Waals surface area contributed by atoms with E-state index in [1.54, 1.807) is 0 Å². The third kappa shape index (κ3) is 2.63. The van der Waals surface area contributed by atoms with Crippen molar-refractivity contribution in [2.45, 2.75) is 10.2 Å². The third-order valence-electron chi connectivity index (χ3n) is 1.80. The molecule has 0 spiro atoms. The number of nitrogens with one attached hydrogen (secondary N) is 1. The summed E-state index contributed by atoms with van der Waals surface area (Å²) in [6.45, 7) is 0. The van der Waals surface area contributed by atoms with Crippen molar-refractivity contribution in [3.05, 3.63) is 34.5 Å². The van der Waals surface area contributed by atoms with Crippen LogP contribution in [0.4, 0.5) is 5.82 Å². The minimum Gasteiger partial charge on any atom is -0.476 e. The summed E-state index contributed by atoms with van der Waals surface area (Å²) in [5, 5.41) is 9.20. The fraction of sp³-hybridized carbons (Fsp3) is 0. The average molecular weight is 265 g/mol. The molecule has 0 unspecified atom stereocenters. The normalized spacial score (nSPS) is 10.2. The predicted molar refractivity (Wildman–Crippen MR) is 62.4 cm³/mol. The van der Waals surface area contributed by atoms with E-state index in [1.807, 2.05) is 0 Å². The van der Waals surface area contributed by atoms with Crippen LogP contribution in [0.2, 0.25) is 0 Å². The number of nitrogens with zero attached hydrogens (tertiary/aromatic N) is 3. The number of nitrogen functional groups attached to an aromatic ring is 1. The van der Waals surface area contributed by atoms with Gasteiger partial charge in [0.1, 0.15) is 10.8 Å². The Morgan fingerprint density at radius 3 is 2.78 bits per heavy atom. The Morgan fingerprint density at radius 1 is 1.39 bits per heavy atom. The van der Waals surface area contributed by atoms with Crippen molar-refractivity contribution in [3.8, 4) is 0 Å². The molecule has 8 nitrogen and oxygen atoms in total. The van der Waals surface area contributed by atoms with Crippen molar-refractivity contribution >= 4 is 23.5 Å². The lowest BCUT2D eigenvalue weighted by molar-refractivity contribution is 0.0685. The second-order valence-corrected chi connectivity index (χ2v) is 4.07. The first-order valence-corrected chi connectivity index (χ1v) is 5.47. The molecule has 2 heterocycles. The van der Waals surface area contributed by atoms with Crippen LogP contribution < -0.4 is 11.3 Å². The molecule has 4 N–H and O–H groups in total. The van der Waals surface area contributed by atoms with Gasteiger partial charge in [-0.3, -0.25) is 4.79 Å². The largest absolute Gasteiger partial charge is 0.476 e. The van der Waals surface area contributed by atoms with Gasteiger partial charge in [0.15, 0.2) is 10.9 Å². The average Bonchev–Trinajstić information content (AvgIpc) is 2.27. The molecule has 0 radical (unpaired) electrons. The van der Waals surface area contributed by atoms with Crippen LogP contribution in [0.1, 0.15) is 10.5 Å². The van der Waals surface area contributed by atoms with Gasteiger partial charge < -0.3 is 15.8 Å². The van der Waals surface area contributed by atoms with Crippen molar-refractivity contribution in [3.63, 3.8) is 0 Å². The first-order valence-electron chi connectivity index (χ1n) is 4.65. The molecule has 0 amide bonds. The van der Waals surface area contributed by atoms with E-state index in [0.29, 0.717) is 0 Å². The number of nitrogens with two attached hydrogens (primary N) is 1. The van der Waals surface area contributed by atoms with Gasteiger partial charge in [-0.2, -0.15) is 0 Å². The Bertz CT molecular complexity index is 657. The zero-order chi connectivity index (χ0) is 13.1. The van der Waals surface area contributed by atoms with Gasteiger partial charge in [0.05, 0.1) is 0 Å².